The normalized spacial score (nSPS) is 16.8. The number of halogens is 1. The molecule has 32 heavy (non-hydrogen) atoms. The second-order valence-corrected chi connectivity index (χ2v) is 9.69. The van der Waals surface area contributed by atoms with E-state index in [-0.39, 0.29) is 11.4 Å². The van der Waals surface area contributed by atoms with Gasteiger partial charge in [0.15, 0.2) is 5.50 Å². The van der Waals surface area contributed by atoms with Gasteiger partial charge in [0, 0.05) is 15.7 Å². The van der Waals surface area contributed by atoms with Crippen molar-refractivity contribution in [1.29, 1.82) is 0 Å². The first-order valence-corrected chi connectivity index (χ1v) is 12.2. The van der Waals surface area contributed by atoms with Gasteiger partial charge in [-0.05, 0) is 60.9 Å². The molecule has 3 aromatic carbocycles. The molecule has 1 aliphatic rings. The van der Waals surface area contributed by atoms with E-state index in [2.05, 4.69) is 76.8 Å². The number of carbonyl (C=O) groups is 1. The van der Waals surface area contributed by atoms with Crippen LogP contribution in [0.3, 0.4) is 0 Å². The molecule has 4 nitrogen and oxygen atoms in total. The number of benzene rings is 3. The number of nitrogens with one attached hydrogen (secondary N) is 2. The Bertz CT molecular complexity index is 1130. The third kappa shape index (κ3) is 5.75. The maximum absolute atomic E-state index is 12.6. The predicted octanol–water partition coefficient (Wildman–Crippen LogP) is 6.50. The Morgan fingerprint density at radius 3 is 2.50 bits per heavy atom. The fraction of sp³-hybridized carbons (Fsp3) is 0.192. The minimum Gasteiger partial charge on any atom is -0.488 e. The molecule has 1 fully saturated rings. The summed E-state index contributed by atoms with van der Waals surface area (Å²) < 4.78 is 7.02. The highest BCUT2D eigenvalue weighted by Gasteiger charge is 2.27. The summed E-state index contributed by atoms with van der Waals surface area (Å²) in [5.74, 6) is 0.642. The molecule has 1 atom stereocenters. The standard InChI is InChI=1S/C26H25BrN2O2S/c1-3-18-8-11-22(12-9-18)28-26-29-25(30)24(32-26)15-20-14-21(27)10-13-23(20)31-16-19-6-4-17(2)5-7-19/h4-15,26,28H,3,16H2,1-2H3,(H,29,30)/b24-15-/t26-/m1/s1. The molecule has 1 amide bonds. The Labute approximate surface area is 201 Å². The Hall–Kier alpha value is -2.70. The van der Waals surface area contributed by atoms with Crippen molar-refractivity contribution in [2.24, 2.45) is 0 Å². The van der Waals surface area contributed by atoms with Gasteiger partial charge in [0.1, 0.15) is 12.4 Å². The van der Waals surface area contributed by atoms with Crippen molar-refractivity contribution >= 4 is 45.4 Å². The number of carbonyl (C=O) groups excluding carboxylic acids is 1. The fourth-order valence-electron chi connectivity index (χ4n) is 3.30. The van der Waals surface area contributed by atoms with E-state index < -0.39 is 0 Å². The molecular weight excluding hydrogens is 484 g/mol. The van der Waals surface area contributed by atoms with Gasteiger partial charge in [-0.25, -0.2) is 0 Å². The summed E-state index contributed by atoms with van der Waals surface area (Å²) in [4.78, 5) is 13.2. The first kappa shape index (κ1) is 22.5. The van der Waals surface area contributed by atoms with Crippen molar-refractivity contribution < 1.29 is 9.53 Å². The zero-order valence-electron chi connectivity index (χ0n) is 18.0. The lowest BCUT2D eigenvalue weighted by Crippen LogP contribution is -2.30. The van der Waals surface area contributed by atoms with Crippen molar-refractivity contribution in [2.75, 3.05) is 5.32 Å². The molecule has 0 saturated carbocycles. The van der Waals surface area contributed by atoms with Crippen LogP contribution in [0.1, 0.15) is 29.2 Å². The van der Waals surface area contributed by atoms with Crippen LogP contribution in [0.15, 0.2) is 76.1 Å². The number of aryl methyl sites for hydroxylation is 2. The van der Waals surface area contributed by atoms with Gasteiger partial charge in [0.2, 0.25) is 0 Å². The Balaban J connectivity index is 1.47. The van der Waals surface area contributed by atoms with Crippen LogP contribution in [0.25, 0.3) is 6.08 Å². The summed E-state index contributed by atoms with van der Waals surface area (Å²) in [5.41, 5.74) is 5.22. The molecule has 2 N–H and O–H groups in total. The van der Waals surface area contributed by atoms with Gasteiger partial charge < -0.3 is 15.4 Å². The van der Waals surface area contributed by atoms with Crippen molar-refractivity contribution in [3.63, 3.8) is 0 Å². The topological polar surface area (TPSA) is 50.4 Å². The molecule has 0 aromatic heterocycles. The Morgan fingerprint density at radius 1 is 1.06 bits per heavy atom. The lowest BCUT2D eigenvalue weighted by molar-refractivity contribution is -0.116. The largest absolute Gasteiger partial charge is 0.488 e. The van der Waals surface area contributed by atoms with E-state index in [0.29, 0.717) is 11.5 Å². The quantitative estimate of drug-likeness (QED) is 0.357. The van der Waals surface area contributed by atoms with Gasteiger partial charge in [-0.15, -0.1) is 0 Å². The van der Waals surface area contributed by atoms with E-state index >= 15 is 0 Å². The van der Waals surface area contributed by atoms with Crippen molar-refractivity contribution in [2.45, 2.75) is 32.4 Å². The molecule has 6 heteroatoms. The maximum atomic E-state index is 12.6. The van der Waals surface area contributed by atoms with Crippen LogP contribution in [-0.4, -0.2) is 11.4 Å². The van der Waals surface area contributed by atoms with E-state index in [4.69, 9.17) is 4.74 Å². The third-order valence-electron chi connectivity index (χ3n) is 5.16. The lowest BCUT2D eigenvalue weighted by atomic mass is 10.1. The van der Waals surface area contributed by atoms with Gasteiger partial charge >= 0.3 is 0 Å². The predicted molar refractivity (Wildman–Crippen MR) is 137 cm³/mol. The lowest BCUT2D eigenvalue weighted by Gasteiger charge is -2.13. The SMILES string of the molecule is CCc1ccc(N[C@@H]2NC(=O)/C(=C/c3cc(Br)ccc3OCc3ccc(C)cc3)S2)cc1. The number of amides is 1. The van der Waals surface area contributed by atoms with Crippen molar-refractivity contribution in [3.8, 4) is 5.75 Å². The number of thioether (sulfide) groups is 1. The van der Waals surface area contributed by atoms with Gasteiger partial charge in [-0.2, -0.15) is 0 Å². The number of hydrogen-bond donors (Lipinski definition) is 2. The average molecular weight is 509 g/mol. The van der Waals surface area contributed by atoms with E-state index in [1.807, 2.05) is 36.4 Å². The Kier molecular flexibility index (Phi) is 7.22. The van der Waals surface area contributed by atoms with Crippen LogP contribution >= 0.6 is 27.7 Å². The summed E-state index contributed by atoms with van der Waals surface area (Å²) in [6.07, 6.45) is 2.89. The van der Waals surface area contributed by atoms with E-state index in [0.717, 1.165) is 33.5 Å². The average Bonchev–Trinajstić information content (AvgIpc) is 3.13. The molecule has 0 spiro atoms. The molecule has 4 rings (SSSR count). The Morgan fingerprint density at radius 2 is 1.78 bits per heavy atom. The number of hydrogen-bond acceptors (Lipinski definition) is 4. The zero-order valence-corrected chi connectivity index (χ0v) is 20.4. The minimum atomic E-state index is -0.217. The monoisotopic (exact) mass is 508 g/mol. The van der Waals surface area contributed by atoms with Crippen LogP contribution in [0.5, 0.6) is 5.75 Å². The van der Waals surface area contributed by atoms with E-state index in [1.54, 1.807) is 0 Å². The molecule has 0 bridgehead atoms. The fourth-order valence-corrected chi connectivity index (χ4v) is 4.66. The maximum Gasteiger partial charge on any atom is 0.260 e. The summed E-state index contributed by atoms with van der Waals surface area (Å²) in [5, 5.41) is 6.36. The van der Waals surface area contributed by atoms with Crippen molar-refractivity contribution in [3.05, 3.63) is 98.4 Å². The number of anilines is 1. The smallest absolute Gasteiger partial charge is 0.260 e. The zero-order chi connectivity index (χ0) is 22.5. The minimum absolute atomic E-state index is 0.0952. The highest BCUT2D eigenvalue weighted by atomic mass is 79.9. The van der Waals surface area contributed by atoms with Gasteiger partial charge in [0.25, 0.3) is 5.91 Å². The summed E-state index contributed by atoms with van der Waals surface area (Å²) in [7, 11) is 0. The van der Waals surface area contributed by atoms with Crippen LogP contribution in [0.2, 0.25) is 0 Å². The number of ether oxygens (including phenoxy) is 1. The van der Waals surface area contributed by atoms with Gasteiger partial charge in [-0.1, -0.05) is 76.6 Å². The van der Waals surface area contributed by atoms with Crippen molar-refractivity contribution in [1.82, 2.24) is 5.32 Å². The second-order valence-electron chi connectivity index (χ2n) is 7.63. The summed E-state index contributed by atoms with van der Waals surface area (Å²) in [6.45, 7) is 4.67. The molecule has 0 aliphatic carbocycles. The molecule has 1 saturated heterocycles. The molecule has 0 unspecified atom stereocenters. The first-order chi connectivity index (χ1) is 15.5. The third-order valence-corrected chi connectivity index (χ3v) is 6.69. The first-order valence-electron chi connectivity index (χ1n) is 10.5. The van der Waals surface area contributed by atoms with Gasteiger partial charge in [-0.3, -0.25) is 4.79 Å². The molecular formula is C26H25BrN2O2S. The summed E-state index contributed by atoms with van der Waals surface area (Å²) >= 11 is 5.00. The molecule has 1 heterocycles. The summed E-state index contributed by atoms with van der Waals surface area (Å²) in [6, 6.07) is 22.4. The molecule has 1 aliphatic heterocycles. The second kappa shape index (κ2) is 10.3. The van der Waals surface area contributed by atoms with Crippen LogP contribution in [0.4, 0.5) is 5.69 Å². The molecule has 0 radical (unpaired) electrons. The molecule has 164 valence electrons. The highest BCUT2D eigenvalue weighted by molar-refractivity contribution is 9.10. The highest BCUT2D eigenvalue weighted by Crippen LogP contribution is 2.33. The van der Waals surface area contributed by atoms with Crippen LogP contribution in [-0.2, 0) is 17.8 Å². The van der Waals surface area contributed by atoms with E-state index in [9.17, 15) is 4.79 Å². The van der Waals surface area contributed by atoms with Gasteiger partial charge in [0.05, 0.1) is 4.91 Å². The van der Waals surface area contributed by atoms with Crippen LogP contribution < -0.4 is 15.4 Å². The number of rotatable bonds is 7. The molecule has 3 aromatic rings. The van der Waals surface area contributed by atoms with E-state index in [1.165, 1.54) is 22.9 Å². The van der Waals surface area contributed by atoms with Crippen LogP contribution in [0, 0.1) is 6.92 Å².